The fourth-order valence-electron chi connectivity index (χ4n) is 3.55. The number of nitrogens with one attached hydrogen (secondary N) is 1. The van der Waals surface area contributed by atoms with E-state index in [4.69, 9.17) is 0 Å². The van der Waals surface area contributed by atoms with E-state index in [0.29, 0.717) is 35.3 Å². The van der Waals surface area contributed by atoms with Crippen molar-refractivity contribution in [2.45, 2.75) is 25.7 Å². The van der Waals surface area contributed by atoms with E-state index in [1.165, 1.54) is 18.2 Å². The molecule has 0 saturated heterocycles. The van der Waals surface area contributed by atoms with E-state index < -0.39 is 17.5 Å². The maximum Gasteiger partial charge on any atom is 0.416 e. The zero-order valence-corrected chi connectivity index (χ0v) is 16.1. The first-order chi connectivity index (χ1) is 14.6. The van der Waals surface area contributed by atoms with Gasteiger partial charge in [-0.15, -0.1) is 0 Å². The van der Waals surface area contributed by atoms with Crippen LogP contribution in [-0.2, 0) is 25.7 Å². The van der Waals surface area contributed by atoms with Crippen LogP contribution in [0.1, 0.15) is 22.4 Å². The first kappa shape index (κ1) is 20.7. The molecule has 0 bridgehead atoms. The van der Waals surface area contributed by atoms with Gasteiger partial charge in [0, 0.05) is 43.2 Å². The van der Waals surface area contributed by atoms with E-state index in [9.17, 15) is 33.3 Å². The minimum Gasteiger partial charge on any atom is -0.507 e. The van der Waals surface area contributed by atoms with Crippen LogP contribution in [0.3, 0.4) is 0 Å². The normalized spacial score (nSPS) is 14.4. The molecule has 0 amide bonds. The van der Waals surface area contributed by atoms with E-state index in [-0.39, 0.29) is 36.0 Å². The minimum atomic E-state index is -4.44. The maximum atomic E-state index is 12.8. The number of aromatic amines is 1. The molecule has 0 aliphatic carbocycles. The van der Waals surface area contributed by atoms with Crippen molar-refractivity contribution in [1.29, 1.82) is 0 Å². The molecule has 162 valence electrons. The summed E-state index contributed by atoms with van der Waals surface area (Å²) in [7, 11) is 0. The van der Waals surface area contributed by atoms with Gasteiger partial charge in [0.15, 0.2) is 11.5 Å². The number of halogens is 3. The molecule has 7 nitrogen and oxygen atoms in total. The molecule has 1 aliphatic heterocycles. The van der Waals surface area contributed by atoms with Gasteiger partial charge in [-0.05, 0) is 18.2 Å². The van der Waals surface area contributed by atoms with Gasteiger partial charge < -0.3 is 20.3 Å². The molecule has 0 saturated carbocycles. The molecule has 0 atom stereocenters. The molecule has 1 aromatic heterocycles. The highest BCUT2D eigenvalue weighted by Gasteiger charge is 2.30. The van der Waals surface area contributed by atoms with Crippen molar-refractivity contribution >= 4 is 0 Å². The SMILES string of the molecule is O=c1[nH]c(-c2ccc(C(F)(F)F)cc2)nc2c1CN(Cc1cc(O)c(O)cc1O)CC2. The number of hydrogen-bond acceptors (Lipinski definition) is 6. The summed E-state index contributed by atoms with van der Waals surface area (Å²) >= 11 is 0. The number of phenols is 3. The second-order valence-electron chi connectivity index (χ2n) is 7.35. The van der Waals surface area contributed by atoms with Crippen LogP contribution in [0, 0.1) is 0 Å². The molecular weight excluding hydrogens is 415 g/mol. The first-order valence-electron chi connectivity index (χ1n) is 9.37. The molecule has 31 heavy (non-hydrogen) atoms. The average molecular weight is 433 g/mol. The van der Waals surface area contributed by atoms with Crippen LogP contribution in [0.4, 0.5) is 13.2 Å². The number of alkyl halides is 3. The Kier molecular flexibility index (Phi) is 5.10. The van der Waals surface area contributed by atoms with Crippen LogP contribution in [0.5, 0.6) is 17.2 Å². The molecule has 2 heterocycles. The van der Waals surface area contributed by atoms with Crippen molar-refractivity contribution < 1.29 is 28.5 Å². The number of fused-ring (bicyclic) bond motifs is 1. The average Bonchev–Trinajstić information content (AvgIpc) is 2.72. The lowest BCUT2D eigenvalue weighted by Crippen LogP contribution is -2.35. The standard InChI is InChI=1S/C21H18F3N3O4/c22-21(23,24)13-3-1-11(2-4-13)19-25-15-5-6-27(10-14(15)20(31)26-19)9-12-7-17(29)18(30)8-16(12)28/h1-4,7-8,28-30H,5-6,9-10H2,(H,25,26,31). The molecule has 2 aromatic carbocycles. The van der Waals surface area contributed by atoms with E-state index in [0.717, 1.165) is 18.2 Å². The van der Waals surface area contributed by atoms with Crippen LogP contribution in [-0.4, -0.2) is 36.7 Å². The number of hydrogen-bond donors (Lipinski definition) is 4. The Morgan fingerprint density at radius 2 is 1.71 bits per heavy atom. The zero-order valence-electron chi connectivity index (χ0n) is 16.1. The summed E-state index contributed by atoms with van der Waals surface area (Å²) < 4.78 is 38.3. The van der Waals surface area contributed by atoms with Gasteiger partial charge in [0.25, 0.3) is 5.56 Å². The van der Waals surface area contributed by atoms with Crippen LogP contribution in [0.2, 0.25) is 0 Å². The van der Waals surface area contributed by atoms with Gasteiger partial charge in [-0.2, -0.15) is 13.2 Å². The highest BCUT2D eigenvalue weighted by Crippen LogP contribution is 2.34. The minimum absolute atomic E-state index is 0.175. The Labute approximate surface area is 174 Å². The molecule has 0 fully saturated rings. The number of benzene rings is 2. The van der Waals surface area contributed by atoms with Crippen molar-refractivity contribution in [1.82, 2.24) is 14.9 Å². The van der Waals surface area contributed by atoms with Gasteiger partial charge in [0.2, 0.25) is 0 Å². The summed E-state index contributed by atoms with van der Waals surface area (Å²) in [6.45, 7) is 0.988. The number of phenolic OH excluding ortho intramolecular Hbond substituents is 3. The summed E-state index contributed by atoms with van der Waals surface area (Å²) in [4.78, 5) is 21.6. The van der Waals surface area contributed by atoms with Gasteiger partial charge >= 0.3 is 6.18 Å². The number of aromatic nitrogens is 2. The lowest BCUT2D eigenvalue weighted by Gasteiger charge is -2.28. The third kappa shape index (κ3) is 4.19. The van der Waals surface area contributed by atoms with Gasteiger partial charge in [-0.25, -0.2) is 4.98 Å². The van der Waals surface area contributed by atoms with Gasteiger partial charge in [0.1, 0.15) is 11.6 Å². The van der Waals surface area contributed by atoms with Crippen molar-refractivity contribution in [2.24, 2.45) is 0 Å². The molecular formula is C21H18F3N3O4. The number of nitrogens with zero attached hydrogens (tertiary/aromatic N) is 2. The fraction of sp³-hybridized carbons (Fsp3) is 0.238. The Hall–Kier alpha value is -3.53. The monoisotopic (exact) mass is 433 g/mol. The lowest BCUT2D eigenvalue weighted by molar-refractivity contribution is -0.137. The van der Waals surface area contributed by atoms with E-state index in [2.05, 4.69) is 9.97 Å². The Balaban J connectivity index is 1.56. The predicted molar refractivity (Wildman–Crippen MR) is 105 cm³/mol. The fourth-order valence-corrected chi connectivity index (χ4v) is 3.55. The number of aromatic hydroxyl groups is 3. The van der Waals surface area contributed by atoms with Gasteiger partial charge in [0.05, 0.1) is 16.8 Å². The molecule has 0 radical (unpaired) electrons. The van der Waals surface area contributed by atoms with Gasteiger partial charge in [-0.1, -0.05) is 12.1 Å². The molecule has 1 aliphatic rings. The van der Waals surface area contributed by atoms with Crippen LogP contribution in [0.15, 0.2) is 41.2 Å². The smallest absolute Gasteiger partial charge is 0.416 e. The molecule has 10 heteroatoms. The van der Waals surface area contributed by atoms with Crippen LogP contribution < -0.4 is 5.56 Å². The summed E-state index contributed by atoms with van der Waals surface area (Å²) in [5.41, 5.74) is 0.597. The van der Waals surface area contributed by atoms with Crippen molar-refractivity contribution in [3.8, 4) is 28.6 Å². The molecule has 4 N–H and O–H groups in total. The largest absolute Gasteiger partial charge is 0.507 e. The topological polar surface area (TPSA) is 110 Å². The van der Waals surface area contributed by atoms with Crippen molar-refractivity contribution in [3.05, 3.63) is 69.1 Å². The van der Waals surface area contributed by atoms with E-state index in [1.807, 2.05) is 4.90 Å². The summed E-state index contributed by atoms with van der Waals surface area (Å²) in [6.07, 6.45) is -4.01. The van der Waals surface area contributed by atoms with E-state index in [1.54, 1.807) is 0 Å². The zero-order chi connectivity index (χ0) is 22.3. The second-order valence-corrected chi connectivity index (χ2v) is 7.35. The third-order valence-electron chi connectivity index (χ3n) is 5.20. The quantitative estimate of drug-likeness (QED) is 0.373. The van der Waals surface area contributed by atoms with Crippen molar-refractivity contribution in [3.63, 3.8) is 0 Å². The summed E-state index contributed by atoms with van der Waals surface area (Å²) in [6, 6.07) is 6.72. The Bertz CT molecular complexity index is 1190. The molecule has 0 unspecified atom stereocenters. The molecule has 3 aromatic rings. The van der Waals surface area contributed by atoms with Crippen LogP contribution in [0.25, 0.3) is 11.4 Å². The lowest BCUT2D eigenvalue weighted by atomic mass is 10.0. The predicted octanol–water partition coefficient (Wildman–Crippen LogP) is 3.13. The first-order valence-corrected chi connectivity index (χ1v) is 9.37. The summed E-state index contributed by atoms with van der Waals surface area (Å²) in [5.74, 6) is -0.759. The highest BCUT2D eigenvalue weighted by molar-refractivity contribution is 5.56. The highest BCUT2D eigenvalue weighted by atomic mass is 19.4. The van der Waals surface area contributed by atoms with E-state index >= 15 is 0 Å². The summed E-state index contributed by atoms with van der Waals surface area (Å²) in [5, 5.41) is 29.1. The van der Waals surface area contributed by atoms with Gasteiger partial charge in [-0.3, -0.25) is 9.69 Å². The molecule has 4 rings (SSSR count). The number of rotatable bonds is 3. The van der Waals surface area contributed by atoms with Crippen molar-refractivity contribution in [2.75, 3.05) is 6.54 Å². The maximum absolute atomic E-state index is 12.8. The van der Waals surface area contributed by atoms with Crippen LogP contribution >= 0.6 is 0 Å². The Morgan fingerprint density at radius 3 is 2.39 bits per heavy atom. The Morgan fingerprint density at radius 1 is 1.03 bits per heavy atom. The number of H-pyrrole nitrogens is 1. The molecule has 0 spiro atoms. The second kappa shape index (κ2) is 7.62. The third-order valence-corrected chi connectivity index (χ3v) is 5.20.